The van der Waals surface area contributed by atoms with E-state index in [1.807, 2.05) is 6.92 Å². The molecule has 4 nitrogen and oxygen atoms in total. The summed E-state index contributed by atoms with van der Waals surface area (Å²) in [4.78, 5) is 23.3. The van der Waals surface area contributed by atoms with Gasteiger partial charge in [0.25, 0.3) is 0 Å². The monoisotopic (exact) mass is 230 g/mol. The van der Waals surface area contributed by atoms with Crippen molar-refractivity contribution >= 4 is 29.6 Å². The smallest absolute Gasteiger partial charge is 0.435 e. The Morgan fingerprint density at radius 1 is 1.60 bits per heavy atom. The minimum atomic E-state index is -1.05. The molecule has 0 radical (unpaired) electrons. The number of carbonyl (C=O) groups is 2. The molecule has 1 rings (SSSR count). The molecule has 1 aliphatic rings. The van der Waals surface area contributed by atoms with Crippen molar-refractivity contribution in [1.82, 2.24) is 0 Å². The number of thiocarbonyl (C=S) groups is 1. The molecule has 1 N–H and O–H groups in total. The molecule has 1 heterocycles. The van der Waals surface area contributed by atoms with E-state index in [-0.39, 0.29) is 11.9 Å². The van der Waals surface area contributed by atoms with Crippen LogP contribution in [0.25, 0.3) is 0 Å². The number of quaternary nitrogens is 1. The quantitative estimate of drug-likeness (QED) is 0.581. The molecular weight excluding hydrogens is 214 g/mol. The number of amides is 2. The lowest BCUT2D eigenvalue weighted by atomic mass is 10.1. The lowest BCUT2D eigenvalue weighted by Crippen LogP contribution is -2.60. The highest BCUT2D eigenvalue weighted by atomic mass is 32.1. The van der Waals surface area contributed by atoms with E-state index in [1.54, 1.807) is 6.92 Å². The summed E-state index contributed by atoms with van der Waals surface area (Å²) in [6, 6.07) is -0.146. The highest BCUT2D eigenvalue weighted by molar-refractivity contribution is 7.79. The number of carbonyl (C=O) groups excluding carboxylic acids is 1. The van der Waals surface area contributed by atoms with Crippen LogP contribution in [0.15, 0.2) is 0 Å². The first kappa shape index (κ1) is 12.3. The largest absolute Gasteiger partial charge is 0.521 e. The van der Waals surface area contributed by atoms with E-state index in [0.717, 1.165) is 12.8 Å². The van der Waals surface area contributed by atoms with Gasteiger partial charge in [0.05, 0.1) is 6.54 Å². The van der Waals surface area contributed by atoms with E-state index in [4.69, 9.17) is 12.2 Å². The molecule has 15 heavy (non-hydrogen) atoms. The molecule has 0 bridgehead atoms. The van der Waals surface area contributed by atoms with Crippen molar-refractivity contribution < 1.29 is 19.2 Å². The fraction of sp³-hybridized carbons (Fsp3) is 0.700. The predicted octanol–water partition coefficient (Wildman–Crippen LogP) is 1.83. The van der Waals surface area contributed by atoms with Gasteiger partial charge in [-0.15, -0.1) is 0 Å². The van der Waals surface area contributed by atoms with Crippen molar-refractivity contribution in [2.24, 2.45) is 5.92 Å². The van der Waals surface area contributed by atoms with E-state index < -0.39 is 16.5 Å². The van der Waals surface area contributed by atoms with Gasteiger partial charge in [-0.05, 0) is 19.2 Å². The Morgan fingerprint density at radius 2 is 2.20 bits per heavy atom. The first-order valence-corrected chi connectivity index (χ1v) is 5.55. The predicted molar refractivity (Wildman–Crippen MR) is 59.7 cm³/mol. The van der Waals surface area contributed by atoms with Crippen LogP contribution < -0.4 is 0 Å². The van der Waals surface area contributed by atoms with Crippen LogP contribution in [0.4, 0.5) is 4.79 Å². The van der Waals surface area contributed by atoms with Crippen LogP contribution in [-0.2, 0) is 4.79 Å². The maximum Gasteiger partial charge on any atom is 0.521 e. The maximum atomic E-state index is 12.0. The topological polar surface area (TPSA) is 54.4 Å². The lowest BCUT2D eigenvalue weighted by Gasteiger charge is -2.30. The van der Waals surface area contributed by atoms with Gasteiger partial charge in [-0.3, -0.25) is 0 Å². The second-order valence-electron chi connectivity index (χ2n) is 4.13. The lowest BCUT2D eigenvalue weighted by molar-refractivity contribution is -0.793. The molecule has 84 valence electrons. The molecule has 1 fully saturated rings. The molecule has 0 aliphatic carbocycles. The van der Waals surface area contributed by atoms with E-state index in [2.05, 4.69) is 0 Å². The normalized spacial score (nSPS) is 32.3. The molecule has 0 spiro atoms. The minimum Gasteiger partial charge on any atom is -0.435 e. The number of hydrogen-bond donors (Lipinski definition) is 1. The standard InChI is InChI=1S/C10H15NO3S/c1-7(6-15)9(12)11(10(13)14)5-3-4-8(11)2/h6-8H,3-5H2,1-2H3/p+1/t7?,8-,11?/m1/s1. The van der Waals surface area contributed by atoms with Gasteiger partial charge in [-0.2, -0.15) is 9.28 Å². The van der Waals surface area contributed by atoms with Crippen molar-refractivity contribution in [3.63, 3.8) is 0 Å². The van der Waals surface area contributed by atoms with Gasteiger partial charge in [-0.1, -0.05) is 12.2 Å². The number of nitrogens with zero attached hydrogens (tertiary/aromatic N) is 1. The highest BCUT2D eigenvalue weighted by Gasteiger charge is 2.53. The Kier molecular flexibility index (Phi) is 3.57. The van der Waals surface area contributed by atoms with E-state index in [9.17, 15) is 14.7 Å². The summed E-state index contributed by atoms with van der Waals surface area (Å²) in [6.07, 6.45) is 0.514. The molecule has 3 atom stereocenters. The number of imide groups is 1. The van der Waals surface area contributed by atoms with Crippen LogP contribution in [0.2, 0.25) is 0 Å². The zero-order valence-corrected chi connectivity index (χ0v) is 9.79. The van der Waals surface area contributed by atoms with Crippen molar-refractivity contribution in [3.8, 4) is 0 Å². The van der Waals surface area contributed by atoms with Gasteiger partial charge in [0.1, 0.15) is 12.0 Å². The summed E-state index contributed by atoms with van der Waals surface area (Å²) >= 11 is 4.71. The van der Waals surface area contributed by atoms with Crippen LogP contribution >= 0.6 is 12.2 Å². The number of likely N-dealkylation sites (tertiary alicyclic amines) is 1. The first-order valence-electron chi connectivity index (χ1n) is 5.07. The average Bonchev–Trinajstić information content (AvgIpc) is 2.58. The fourth-order valence-electron chi connectivity index (χ4n) is 2.20. The molecule has 5 heteroatoms. The van der Waals surface area contributed by atoms with Crippen molar-refractivity contribution in [3.05, 3.63) is 0 Å². The van der Waals surface area contributed by atoms with Crippen LogP contribution in [-0.4, -0.2) is 39.5 Å². The molecule has 2 unspecified atom stereocenters. The van der Waals surface area contributed by atoms with Gasteiger partial charge >= 0.3 is 12.0 Å². The minimum absolute atomic E-state index is 0.146. The summed E-state index contributed by atoms with van der Waals surface area (Å²) in [5.74, 6) is -0.765. The Balaban J connectivity index is 3.07. The van der Waals surface area contributed by atoms with Gasteiger partial charge in [-0.25, -0.2) is 4.79 Å². The van der Waals surface area contributed by atoms with Gasteiger partial charge in [0, 0.05) is 12.8 Å². The Labute approximate surface area is 94.5 Å². The van der Waals surface area contributed by atoms with E-state index >= 15 is 0 Å². The van der Waals surface area contributed by atoms with Gasteiger partial charge < -0.3 is 5.11 Å². The second kappa shape index (κ2) is 4.37. The molecule has 1 aliphatic heterocycles. The van der Waals surface area contributed by atoms with Crippen LogP contribution in [0, 0.1) is 5.92 Å². The third kappa shape index (κ3) is 1.81. The maximum absolute atomic E-state index is 12.0. The van der Waals surface area contributed by atoms with E-state index in [0.29, 0.717) is 6.54 Å². The summed E-state index contributed by atoms with van der Waals surface area (Å²) in [5.41, 5.74) is 0. The third-order valence-corrected chi connectivity index (χ3v) is 3.62. The Bertz CT molecular complexity index is 305. The Hall–Kier alpha value is -0.810. The summed E-state index contributed by atoms with van der Waals surface area (Å²) in [7, 11) is 0. The summed E-state index contributed by atoms with van der Waals surface area (Å²) < 4.78 is -0.450. The molecule has 0 aromatic rings. The van der Waals surface area contributed by atoms with Gasteiger partial charge in [0.2, 0.25) is 0 Å². The molecule has 0 saturated carbocycles. The summed E-state index contributed by atoms with van der Waals surface area (Å²) in [6.45, 7) is 3.86. The van der Waals surface area contributed by atoms with Crippen LogP contribution in [0.1, 0.15) is 26.7 Å². The second-order valence-corrected chi connectivity index (χ2v) is 4.40. The Morgan fingerprint density at radius 3 is 2.53 bits per heavy atom. The zero-order chi connectivity index (χ0) is 11.6. The molecular formula is C10H16NO3S+. The number of hydrogen-bond acceptors (Lipinski definition) is 3. The van der Waals surface area contributed by atoms with Crippen molar-refractivity contribution in [2.45, 2.75) is 32.7 Å². The van der Waals surface area contributed by atoms with Crippen LogP contribution in [0.3, 0.4) is 0 Å². The third-order valence-electron chi connectivity index (χ3n) is 3.21. The van der Waals surface area contributed by atoms with Gasteiger partial charge in [0.15, 0.2) is 0 Å². The molecule has 0 aromatic carbocycles. The number of carboxylic acid groups (broad SMARTS) is 1. The summed E-state index contributed by atoms with van der Waals surface area (Å²) in [5, 5.41) is 10.6. The fourth-order valence-corrected chi connectivity index (χ4v) is 2.32. The zero-order valence-electron chi connectivity index (χ0n) is 8.97. The van der Waals surface area contributed by atoms with Crippen molar-refractivity contribution in [1.29, 1.82) is 0 Å². The molecule has 1 saturated heterocycles. The van der Waals surface area contributed by atoms with E-state index in [1.165, 1.54) is 5.37 Å². The molecule has 2 amide bonds. The number of rotatable bonds is 2. The van der Waals surface area contributed by atoms with Crippen molar-refractivity contribution in [2.75, 3.05) is 6.54 Å². The highest BCUT2D eigenvalue weighted by Crippen LogP contribution is 2.29. The molecule has 0 aromatic heterocycles. The van der Waals surface area contributed by atoms with Crippen LogP contribution in [0.5, 0.6) is 0 Å². The average molecular weight is 230 g/mol. The first-order chi connectivity index (χ1) is 6.96. The SMILES string of the molecule is CC(C=S)C(=O)[N+]1(C(=O)O)CCC[C@H]1C.